The Morgan fingerprint density at radius 2 is 1.68 bits per heavy atom. The van der Waals surface area contributed by atoms with E-state index >= 15 is 0 Å². The normalized spacial score (nSPS) is 10.3. The average molecular weight is 330 g/mol. The van der Waals surface area contributed by atoms with Gasteiger partial charge in [-0.2, -0.15) is 0 Å². The molecule has 0 spiro atoms. The van der Waals surface area contributed by atoms with Gasteiger partial charge < -0.3 is 5.32 Å². The largest absolute Gasteiger partial charge is 0.352 e. The Bertz CT molecular complexity index is 556. The molecular formula is C13H16ClN3O5. The summed E-state index contributed by atoms with van der Waals surface area (Å²) in [7, 11) is 0. The van der Waals surface area contributed by atoms with E-state index in [2.05, 4.69) is 12.2 Å². The molecule has 1 amide bonds. The van der Waals surface area contributed by atoms with Crippen molar-refractivity contribution in [1.82, 2.24) is 5.32 Å². The average Bonchev–Trinajstić information content (AvgIpc) is 2.46. The van der Waals surface area contributed by atoms with Crippen molar-refractivity contribution in [2.75, 3.05) is 6.54 Å². The molecule has 0 aliphatic heterocycles. The highest BCUT2D eigenvalue weighted by Gasteiger charge is 2.27. The van der Waals surface area contributed by atoms with E-state index in [0.29, 0.717) is 6.54 Å². The molecule has 0 aromatic heterocycles. The van der Waals surface area contributed by atoms with Crippen molar-refractivity contribution in [3.05, 3.63) is 42.9 Å². The minimum absolute atomic E-state index is 0.154. The Morgan fingerprint density at radius 1 is 1.14 bits per heavy atom. The molecule has 120 valence electrons. The quantitative estimate of drug-likeness (QED) is 0.445. The van der Waals surface area contributed by atoms with Crippen molar-refractivity contribution >= 4 is 28.9 Å². The molecule has 1 aromatic carbocycles. The zero-order valence-corrected chi connectivity index (χ0v) is 12.8. The van der Waals surface area contributed by atoms with Crippen molar-refractivity contribution in [3.8, 4) is 0 Å². The molecule has 0 heterocycles. The summed E-state index contributed by atoms with van der Waals surface area (Å²) < 4.78 is 0. The van der Waals surface area contributed by atoms with Crippen molar-refractivity contribution in [1.29, 1.82) is 0 Å². The zero-order valence-electron chi connectivity index (χ0n) is 12.0. The van der Waals surface area contributed by atoms with E-state index in [-0.39, 0.29) is 5.56 Å². The van der Waals surface area contributed by atoms with Crippen LogP contribution in [0.3, 0.4) is 0 Å². The van der Waals surface area contributed by atoms with Crippen LogP contribution in [0.1, 0.15) is 43.0 Å². The van der Waals surface area contributed by atoms with E-state index in [1.807, 2.05) is 0 Å². The fourth-order valence-electron chi connectivity index (χ4n) is 1.85. The van der Waals surface area contributed by atoms with Gasteiger partial charge in [0.2, 0.25) is 0 Å². The lowest BCUT2D eigenvalue weighted by atomic mass is 10.1. The standard InChI is InChI=1S/C13H16ClN3O5/c1-2-3-4-5-6-15-13(18)9-7-10(16(19)20)12(14)11(8-9)17(21)22/h7-8H,2-6H2,1H3,(H,15,18). The molecule has 1 aromatic rings. The van der Waals surface area contributed by atoms with Gasteiger partial charge in [-0.25, -0.2) is 0 Å². The van der Waals surface area contributed by atoms with Crippen LogP contribution < -0.4 is 5.32 Å². The number of hydrogen-bond donors (Lipinski definition) is 1. The molecule has 0 fully saturated rings. The SMILES string of the molecule is CCCCCCNC(=O)c1cc([N+](=O)[O-])c(Cl)c([N+](=O)[O-])c1. The van der Waals surface area contributed by atoms with Crippen LogP contribution in [0.5, 0.6) is 0 Å². The first-order valence-electron chi connectivity index (χ1n) is 6.79. The zero-order chi connectivity index (χ0) is 16.7. The lowest BCUT2D eigenvalue weighted by molar-refractivity contribution is -0.393. The van der Waals surface area contributed by atoms with Gasteiger partial charge in [-0.1, -0.05) is 37.8 Å². The van der Waals surface area contributed by atoms with E-state index in [4.69, 9.17) is 11.6 Å². The highest BCUT2D eigenvalue weighted by Crippen LogP contribution is 2.34. The fraction of sp³-hybridized carbons (Fsp3) is 0.462. The highest BCUT2D eigenvalue weighted by molar-refractivity contribution is 6.35. The molecule has 0 aliphatic carbocycles. The molecule has 0 saturated heterocycles. The van der Waals surface area contributed by atoms with Crippen LogP contribution in [0.4, 0.5) is 11.4 Å². The maximum atomic E-state index is 11.9. The van der Waals surface area contributed by atoms with Gasteiger partial charge in [0, 0.05) is 18.7 Å². The van der Waals surface area contributed by atoms with Gasteiger partial charge in [-0.05, 0) is 6.42 Å². The molecule has 0 saturated carbocycles. The monoisotopic (exact) mass is 329 g/mol. The van der Waals surface area contributed by atoms with E-state index in [1.54, 1.807) is 0 Å². The van der Waals surface area contributed by atoms with Crippen LogP contribution >= 0.6 is 11.6 Å². The summed E-state index contributed by atoms with van der Waals surface area (Å²) in [6.45, 7) is 2.47. The third kappa shape index (κ3) is 4.66. The molecular weight excluding hydrogens is 314 g/mol. The molecule has 9 heteroatoms. The number of hydrogen-bond acceptors (Lipinski definition) is 5. The minimum atomic E-state index is -0.854. The third-order valence-corrected chi connectivity index (χ3v) is 3.39. The summed E-state index contributed by atoms with van der Waals surface area (Å²) in [5.74, 6) is -0.598. The Balaban J connectivity index is 2.92. The van der Waals surface area contributed by atoms with E-state index in [1.165, 1.54) is 0 Å². The van der Waals surface area contributed by atoms with Gasteiger partial charge in [-0.15, -0.1) is 0 Å². The van der Waals surface area contributed by atoms with Gasteiger partial charge in [0.1, 0.15) is 0 Å². The fourth-order valence-corrected chi connectivity index (χ4v) is 2.09. The molecule has 0 bridgehead atoms. The number of halogens is 1. The van der Waals surface area contributed by atoms with Crippen LogP contribution in [0, 0.1) is 20.2 Å². The lowest BCUT2D eigenvalue weighted by Crippen LogP contribution is -2.24. The van der Waals surface area contributed by atoms with Gasteiger partial charge in [-0.3, -0.25) is 25.0 Å². The smallest absolute Gasteiger partial charge is 0.295 e. The Hall–Kier alpha value is -2.22. The van der Waals surface area contributed by atoms with E-state index in [0.717, 1.165) is 37.8 Å². The van der Waals surface area contributed by atoms with Gasteiger partial charge in [0.25, 0.3) is 17.3 Å². The Morgan fingerprint density at radius 3 is 2.14 bits per heavy atom. The molecule has 22 heavy (non-hydrogen) atoms. The summed E-state index contributed by atoms with van der Waals surface area (Å²) in [6, 6.07) is 1.88. The second-order valence-electron chi connectivity index (χ2n) is 4.66. The maximum absolute atomic E-state index is 11.9. The lowest BCUT2D eigenvalue weighted by Gasteiger charge is -2.06. The summed E-state index contributed by atoms with van der Waals surface area (Å²) in [6.07, 6.45) is 3.84. The number of benzene rings is 1. The van der Waals surface area contributed by atoms with Crippen LogP contribution in [0.2, 0.25) is 5.02 Å². The second-order valence-corrected chi connectivity index (χ2v) is 5.04. The van der Waals surface area contributed by atoms with Crippen LogP contribution in [-0.2, 0) is 0 Å². The van der Waals surface area contributed by atoms with Crippen molar-refractivity contribution < 1.29 is 14.6 Å². The number of carbonyl (C=O) groups excluding carboxylic acids is 1. The molecule has 0 unspecified atom stereocenters. The number of nitrogens with one attached hydrogen (secondary N) is 1. The van der Waals surface area contributed by atoms with Crippen molar-refractivity contribution in [3.63, 3.8) is 0 Å². The predicted octanol–water partition coefficient (Wildman–Crippen LogP) is 3.47. The number of carbonyl (C=O) groups is 1. The molecule has 1 N–H and O–H groups in total. The first-order chi connectivity index (χ1) is 10.4. The number of rotatable bonds is 8. The van der Waals surface area contributed by atoms with Gasteiger partial charge in [0.05, 0.1) is 15.4 Å². The van der Waals surface area contributed by atoms with E-state index in [9.17, 15) is 25.0 Å². The topological polar surface area (TPSA) is 115 Å². The number of unbranched alkanes of at least 4 members (excludes halogenated alkanes) is 3. The van der Waals surface area contributed by atoms with Crippen LogP contribution in [0.25, 0.3) is 0 Å². The number of nitrogens with zero attached hydrogens (tertiary/aromatic N) is 2. The molecule has 8 nitrogen and oxygen atoms in total. The summed E-state index contributed by atoms with van der Waals surface area (Å²) in [4.78, 5) is 32.0. The highest BCUT2D eigenvalue weighted by atomic mass is 35.5. The van der Waals surface area contributed by atoms with Gasteiger partial charge >= 0.3 is 0 Å². The number of nitro benzene ring substituents is 2. The molecule has 0 radical (unpaired) electrons. The summed E-state index contributed by atoms with van der Waals surface area (Å²) in [5, 5.41) is 23.7. The molecule has 0 aliphatic rings. The number of nitro groups is 2. The van der Waals surface area contributed by atoms with Crippen molar-refractivity contribution in [2.45, 2.75) is 32.6 Å². The molecule has 0 atom stereocenters. The first kappa shape index (κ1) is 17.8. The third-order valence-electron chi connectivity index (χ3n) is 3.01. The first-order valence-corrected chi connectivity index (χ1v) is 7.16. The maximum Gasteiger partial charge on any atom is 0.295 e. The summed E-state index contributed by atoms with van der Waals surface area (Å²) in [5.41, 5.74) is -1.47. The van der Waals surface area contributed by atoms with Crippen LogP contribution in [-0.4, -0.2) is 22.3 Å². The second kappa shape index (κ2) is 8.28. The van der Waals surface area contributed by atoms with Crippen molar-refractivity contribution in [2.24, 2.45) is 0 Å². The van der Waals surface area contributed by atoms with Gasteiger partial charge in [0.15, 0.2) is 5.02 Å². The minimum Gasteiger partial charge on any atom is -0.352 e. The van der Waals surface area contributed by atoms with E-state index < -0.39 is 32.2 Å². The Labute approximate surface area is 131 Å². The number of amides is 1. The molecule has 1 rings (SSSR count). The van der Waals surface area contributed by atoms with Crippen LogP contribution in [0.15, 0.2) is 12.1 Å². The Kier molecular flexibility index (Phi) is 6.71. The summed E-state index contributed by atoms with van der Waals surface area (Å²) >= 11 is 5.62. The predicted molar refractivity (Wildman–Crippen MR) is 81.2 cm³/mol.